The van der Waals surface area contributed by atoms with Gasteiger partial charge in [-0.1, -0.05) is 30.3 Å². The first-order valence-corrected chi connectivity index (χ1v) is 14.0. The Bertz CT molecular complexity index is 1720. The zero-order chi connectivity index (χ0) is 32.6. The molecule has 4 rings (SSSR count). The number of nitro benzene ring substituents is 1. The Morgan fingerprint density at radius 2 is 1.71 bits per heavy atom. The summed E-state index contributed by atoms with van der Waals surface area (Å²) in [6, 6.07) is 19.2. The van der Waals surface area contributed by atoms with Gasteiger partial charge in [0.15, 0.2) is 23.0 Å². The van der Waals surface area contributed by atoms with E-state index in [0.717, 1.165) is 11.6 Å². The summed E-state index contributed by atoms with van der Waals surface area (Å²) in [5, 5.41) is 15.5. The maximum atomic E-state index is 13.1. The van der Waals surface area contributed by atoms with Crippen LogP contribution in [0.2, 0.25) is 0 Å². The van der Waals surface area contributed by atoms with Crippen LogP contribution in [0.25, 0.3) is 0 Å². The van der Waals surface area contributed by atoms with Crippen molar-refractivity contribution in [3.8, 4) is 28.7 Å². The Balaban J connectivity index is 1.49. The van der Waals surface area contributed by atoms with Gasteiger partial charge in [-0.05, 0) is 76.4 Å². The van der Waals surface area contributed by atoms with Gasteiger partial charge in [0.2, 0.25) is 5.75 Å². The van der Waals surface area contributed by atoms with Crippen molar-refractivity contribution in [1.82, 2.24) is 5.43 Å². The molecule has 1 amide bonds. The van der Waals surface area contributed by atoms with Gasteiger partial charge >= 0.3 is 11.9 Å². The minimum Gasteiger partial charge on any atom is -0.493 e. The van der Waals surface area contributed by atoms with E-state index in [1.807, 2.05) is 30.3 Å². The number of nitrogens with one attached hydrogen (secondary N) is 1. The van der Waals surface area contributed by atoms with Crippen molar-refractivity contribution in [2.75, 3.05) is 13.7 Å². The number of benzene rings is 4. The van der Waals surface area contributed by atoms with Crippen molar-refractivity contribution in [2.45, 2.75) is 19.7 Å². The SMILES string of the molecule is CCOc1cc(/C=N/NC(=O)c2ccc(OCc3ccccc3)c(OC)c2)cc(Br)c1Oc1ccc(C(F)(F)F)cc1[N+](=O)[O-]. The third-order valence-electron chi connectivity index (χ3n) is 6.07. The lowest BCUT2D eigenvalue weighted by atomic mass is 10.1. The smallest absolute Gasteiger partial charge is 0.416 e. The van der Waals surface area contributed by atoms with Crippen LogP contribution >= 0.6 is 15.9 Å². The molecular weight excluding hydrogens is 663 g/mol. The van der Waals surface area contributed by atoms with E-state index in [-0.39, 0.29) is 28.1 Å². The summed E-state index contributed by atoms with van der Waals surface area (Å²) in [5.74, 6) is -0.0318. The molecule has 0 bridgehead atoms. The van der Waals surface area contributed by atoms with Crippen LogP contribution in [0.3, 0.4) is 0 Å². The number of nitrogens with zero attached hydrogens (tertiary/aromatic N) is 2. The first-order chi connectivity index (χ1) is 21.5. The normalized spacial score (nSPS) is 11.2. The van der Waals surface area contributed by atoms with E-state index >= 15 is 0 Å². The molecule has 10 nitrogen and oxygen atoms in total. The molecule has 0 saturated carbocycles. The van der Waals surface area contributed by atoms with Crippen molar-refractivity contribution in [1.29, 1.82) is 0 Å². The van der Waals surface area contributed by atoms with Crippen molar-refractivity contribution in [3.05, 3.63) is 116 Å². The van der Waals surface area contributed by atoms with Gasteiger partial charge < -0.3 is 18.9 Å². The second-order valence-corrected chi connectivity index (χ2v) is 10.00. The number of halogens is 4. The van der Waals surface area contributed by atoms with E-state index in [4.69, 9.17) is 18.9 Å². The molecule has 1 N–H and O–H groups in total. The van der Waals surface area contributed by atoms with Crippen molar-refractivity contribution < 1.29 is 41.8 Å². The molecule has 0 aliphatic rings. The van der Waals surface area contributed by atoms with Gasteiger partial charge in [0, 0.05) is 11.6 Å². The molecule has 45 heavy (non-hydrogen) atoms. The molecule has 0 aromatic heterocycles. The van der Waals surface area contributed by atoms with Crippen LogP contribution < -0.4 is 24.4 Å². The van der Waals surface area contributed by atoms with E-state index in [0.29, 0.717) is 35.8 Å². The number of hydrogen-bond acceptors (Lipinski definition) is 8. The topological polar surface area (TPSA) is 122 Å². The van der Waals surface area contributed by atoms with Gasteiger partial charge in [-0.15, -0.1) is 0 Å². The van der Waals surface area contributed by atoms with Crippen LogP contribution in [0, 0.1) is 10.1 Å². The number of amides is 1. The highest BCUT2D eigenvalue weighted by molar-refractivity contribution is 9.10. The minimum atomic E-state index is -4.77. The fourth-order valence-corrected chi connectivity index (χ4v) is 4.49. The molecule has 0 saturated heterocycles. The quantitative estimate of drug-likeness (QED) is 0.0912. The van der Waals surface area contributed by atoms with Crippen LogP contribution in [-0.4, -0.2) is 30.8 Å². The van der Waals surface area contributed by atoms with Gasteiger partial charge in [0.05, 0.1) is 34.9 Å². The molecule has 14 heteroatoms. The monoisotopic (exact) mass is 687 g/mol. The third-order valence-corrected chi connectivity index (χ3v) is 6.66. The zero-order valence-corrected chi connectivity index (χ0v) is 25.3. The summed E-state index contributed by atoms with van der Waals surface area (Å²) >= 11 is 3.31. The molecule has 0 atom stereocenters. The minimum absolute atomic E-state index is 0.0115. The summed E-state index contributed by atoms with van der Waals surface area (Å²) in [6.45, 7) is 2.17. The maximum absolute atomic E-state index is 13.1. The van der Waals surface area contributed by atoms with E-state index < -0.39 is 34.0 Å². The molecule has 0 fully saturated rings. The summed E-state index contributed by atoms with van der Waals surface area (Å²) in [7, 11) is 1.46. The maximum Gasteiger partial charge on any atom is 0.416 e. The molecule has 4 aromatic rings. The molecule has 4 aromatic carbocycles. The van der Waals surface area contributed by atoms with E-state index in [1.165, 1.54) is 31.5 Å². The van der Waals surface area contributed by atoms with Gasteiger partial charge in [-0.25, -0.2) is 5.43 Å². The van der Waals surface area contributed by atoms with Crippen LogP contribution in [0.1, 0.15) is 34.0 Å². The number of ether oxygens (including phenoxy) is 4. The first-order valence-electron chi connectivity index (χ1n) is 13.2. The molecule has 0 aliphatic heterocycles. The van der Waals surface area contributed by atoms with Gasteiger partial charge in [-0.3, -0.25) is 14.9 Å². The van der Waals surface area contributed by atoms with Crippen LogP contribution in [0.5, 0.6) is 28.7 Å². The lowest BCUT2D eigenvalue weighted by Gasteiger charge is -2.15. The van der Waals surface area contributed by atoms with Crippen molar-refractivity contribution >= 4 is 33.7 Å². The Hall–Kier alpha value is -5.11. The number of alkyl halides is 3. The predicted molar refractivity (Wildman–Crippen MR) is 162 cm³/mol. The largest absolute Gasteiger partial charge is 0.493 e. The second kappa shape index (κ2) is 14.6. The zero-order valence-electron chi connectivity index (χ0n) is 23.8. The third kappa shape index (κ3) is 8.50. The van der Waals surface area contributed by atoms with Gasteiger partial charge in [0.25, 0.3) is 5.91 Å². The lowest BCUT2D eigenvalue weighted by molar-refractivity contribution is -0.385. The first kappa shape index (κ1) is 32.8. The standard InChI is InChI=1S/C31H25BrF3N3O7/c1-3-43-28-14-20(13-23(32)29(28)45-25-12-10-22(31(33,34)35)16-24(25)38(40)41)17-36-37-30(39)21-9-11-26(27(15-21)42-2)44-18-19-7-5-4-6-8-19/h4-17H,3,18H2,1-2H3,(H,37,39)/b36-17+. The number of methoxy groups -OCH3 is 1. The van der Waals surface area contributed by atoms with Gasteiger partial charge in [0.1, 0.15) is 6.61 Å². The number of hydrogen-bond donors (Lipinski definition) is 1. The fourth-order valence-electron chi connectivity index (χ4n) is 3.95. The average molecular weight is 688 g/mol. The fraction of sp³-hybridized carbons (Fsp3) is 0.161. The highest BCUT2D eigenvalue weighted by Gasteiger charge is 2.33. The highest BCUT2D eigenvalue weighted by atomic mass is 79.9. The van der Waals surface area contributed by atoms with Crippen LogP contribution in [0.15, 0.2) is 88.4 Å². The number of carbonyl (C=O) groups is 1. The van der Waals surface area contributed by atoms with Crippen LogP contribution in [-0.2, 0) is 12.8 Å². The number of rotatable bonds is 12. The second-order valence-electron chi connectivity index (χ2n) is 9.14. The van der Waals surface area contributed by atoms with E-state index in [2.05, 4.69) is 26.5 Å². The summed E-state index contributed by atoms with van der Waals surface area (Å²) in [5.41, 5.74) is 2.01. The molecule has 0 heterocycles. The Labute approximate surface area is 263 Å². The van der Waals surface area contributed by atoms with Crippen molar-refractivity contribution in [3.63, 3.8) is 0 Å². The Kier molecular flexibility index (Phi) is 10.6. The highest BCUT2D eigenvalue weighted by Crippen LogP contribution is 2.43. The molecule has 0 aliphatic carbocycles. The average Bonchev–Trinajstić information content (AvgIpc) is 3.01. The van der Waals surface area contributed by atoms with Gasteiger partial charge in [-0.2, -0.15) is 18.3 Å². The summed E-state index contributed by atoms with van der Waals surface area (Å²) in [6.07, 6.45) is -3.45. The summed E-state index contributed by atoms with van der Waals surface area (Å²) < 4.78 is 62.0. The lowest BCUT2D eigenvalue weighted by Crippen LogP contribution is -2.17. The predicted octanol–water partition coefficient (Wildman–Crippen LogP) is 7.92. The number of carbonyl (C=O) groups excluding carboxylic acids is 1. The van der Waals surface area contributed by atoms with Crippen molar-refractivity contribution in [2.24, 2.45) is 5.10 Å². The molecule has 0 spiro atoms. The molecular formula is C31H25BrF3N3O7. The van der Waals surface area contributed by atoms with E-state index in [1.54, 1.807) is 19.1 Å². The molecule has 234 valence electrons. The summed E-state index contributed by atoms with van der Waals surface area (Å²) in [4.78, 5) is 23.3. The molecule has 0 radical (unpaired) electrons. The number of hydrazone groups is 1. The molecule has 0 unspecified atom stereocenters. The Morgan fingerprint density at radius 3 is 2.38 bits per heavy atom. The Morgan fingerprint density at radius 1 is 0.978 bits per heavy atom. The van der Waals surface area contributed by atoms with Crippen LogP contribution in [0.4, 0.5) is 18.9 Å². The van der Waals surface area contributed by atoms with E-state index in [9.17, 15) is 28.1 Å². The number of nitro groups is 1.